The summed E-state index contributed by atoms with van der Waals surface area (Å²) in [6.07, 6.45) is 2.42. The molecular weight excluding hydrogens is 344 g/mol. The van der Waals surface area contributed by atoms with Gasteiger partial charge in [0.2, 0.25) is 5.91 Å². The van der Waals surface area contributed by atoms with Crippen LogP contribution in [0.15, 0.2) is 29.2 Å². The minimum absolute atomic E-state index is 0. The van der Waals surface area contributed by atoms with Crippen LogP contribution in [0.5, 0.6) is 0 Å². The monoisotopic (exact) mass is 362 g/mol. The summed E-state index contributed by atoms with van der Waals surface area (Å²) >= 11 is 0. The first-order valence-electron chi connectivity index (χ1n) is 6.84. The van der Waals surface area contributed by atoms with Gasteiger partial charge in [0.25, 0.3) is 0 Å². The highest BCUT2D eigenvalue weighted by atomic mass is 35.5. The average Bonchev–Trinajstić information content (AvgIpc) is 2.86. The lowest BCUT2D eigenvalue weighted by Gasteiger charge is -2.20. The van der Waals surface area contributed by atoms with E-state index in [2.05, 4.69) is 5.32 Å². The van der Waals surface area contributed by atoms with E-state index in [1.807, 2.05) is 0 Å². The molecule has 2 N–H and O–H groups in total. The number of sulfone groups is 1. The van der Waals surface area contributed by atoms with Crippen molar-refractivity contribution in [1.29, 1.82) is 0 Å². The normalized spacial score (nSPS) is 18.2. The summed E-state index contributed by atoms with van der Waals surface area (Å²) in [7, 11) is -3.27. The highest BCUT2D eigenvalue weighted by Gasteiger charge is 2.31. The second kappa shape index (κ2) is 7.76. The molecule has 1 heterocycles. The number of carboxylic acids is 1. The Labute approximate surface area is 141 Å². The molecule has 1 atom stereocenters. The lowest BCUT2D eigenvalue weighted by molar-refractivity contribution is -0.142. The molecule has 0 bridgehead atoms. The largest absolute Gasteiger partial charge is 0.480 e. The van der Waals surface area contributed by atoms with Crippen LogP contribution in [0.3, 0.4) is 0 Å². The molecule has 1 aromatic carbocycles. The number of nitrogens with one attached hydrogen (secondary N) is 1. The first-order valence-corrected chi connectivity index (χ1v) is 8.73. The van der Waals surface area contributed by atoms with Crippen LogP contribution in [-0.2, 0) is 19.4 Å². The molecule has 0 unspecified atom stereocenters. The number of aliphatic carboxylic acids is 1. The molecule has 7 nitrogen and oxygen atoms in total. The maximum absolute atomic E-state index is 12.0. The highest BCUT2D eigenvalue weighted by molar-refractivity contribution is 7.90. The van der Waals surface area contributed by atoms with Crippen LogP contribution in [0.2, 0.25) is 0 Å². The molecule has 23 heavy (non-hydrogen) atoms. The summed E-state index contributed by atoms with van der Waals surface area (Å²) in [6, 6.07) is 5.24. The van der Waals surface area contributed by atoms with Gasteiger partial charge in [-0.15, -0.1) is 12.4 Å². The van der Waals surface area contributed by atoms with Crippen molar-refractivity contribution in [2.45, 2.75) is 23.8 Å². The highest BCUT2D eigenvalue weighted by Crippen LogP contribution is 2.18. The molecule has 1 saturated heterocycles. The van der Waals surface area contributed by atoms with Gasteiger partial charge in [-0.1, -0.05) is 0 Å². The van der Waals surface area contributed by atoms with Crippen molar-refractivity contribution in [2.24, 2.45) is 0 Å². The Morgan fingerprint density at radius 2 is 1.91 bits per heavy atom. The number of nitrogens with zero attached hydrogens (tertiary/aromatic N) is 1. The molecule has 1 aliphatic heterocycles. The van der Waals surface area contributed by atoms with Crippen molar-refractivity contribution in [2.75, 3.05) is 24.7 Å². The number of hydrogen-bond donors (Lipinski definition) is 2. The minimum atomic E-state index is -3.27. The Bertz CT molecular complexity index is 675. The van der Waals surface area contributed by atoms with E-state index in [1.54, 1.807) is 4.90 Å². The smallest absolute Gasteiger partial charge is 0.320 e. The first-order chi connectivity index (χ1) is 10.3. The average molecular weight is 363 g/mol. The van der Waals surface area contributed by atoms with Gasteiger partial charge in [0.1, 0.15) is 6.04 Å². The molecule has 9 heteroatoms. The van der Waals surface area contributed by atoms with Crippen LogP contribution in [0.1, 0.15) is 12.8 Å². The number of anilines is 1. The van der Waals surface area contributed by atoms with Gasteiger partial charge in [-0.3, -0.25) is 14.5 Å². The molecule has 2 rings (SSSR count). The molecule has 1 aromatic rings. The van der Waals surface area contributed by atoms with Crippen molar-refractivity contribution < 1.29 is 23.1 Å². The first kappa shape index (κ1) is 19.4. The van der Waals surface area contributed by atoms with Crippen LogP contribution >= 0.6 is 12.4 Å². The Kier molecular flexibility index (Phi) is 6.55. The van der Waals surface area contributed by atoms with E-state index in [4.69, 9.17) is 5.11 Å². The van der Waals surface area contributed by atoms with Gasteiger partial charge < -0.3 is 10.4 Å². The zero-order valence-corrected chi connectivity index (χ0v) is 14.2. The van der Waals surface area contributed by atoms with Gasteiger partial charge in [0.05, 0.1) is 11.4 Å². The van der Waals surface area contributed by atoms with Gasteiger partial charge in [0.15, 0.2) is 9.84 Å². The number of halogens is 1. The van der Waals surface area contributed by atoms with Crippen molar-refractivity contribution >= 4 is 39.8 Å². The lowest BCUT2D eigenvalue weighted by Crippen LogP contribution is -2.40. The Balaban J connectivity index is 0.00000264. The number of carbonyl (C=O) groups is 2. The van der Waals surface area contributed by atoms with Crippen molar-refractivity contribution in [3.63, 3.8) is 0 Å². The Morgan fingerprint density at radius 1 is 1.30 bits per heavy atom. The fourth-order valence-electron chi connectivity index (χ4n) is 2.47. The second-order valence-electron chi connectivity index (χ2n) is 5.31. The molecule has 0 aliphatic carbocycles. The zero-order valence-electron chi connectivity index (χ0n) is 12.6. The van der Waals surface area contributed by atoms with Crippen LogP contribution in [0.4, 0.5) is 5.69 Å². The predicted octanol–water partition coefficient (Wildman–Crippen LogP) is 0.999. The van der Waals surface area contributed by atoms with Crippen molar-refractivity contribution in [3.8, 4) is 0 Å². The van der Waals surface area contributed by atoms with Crippen LogP contribution < -0.4 is 5.32 Å². The summed E-state index contributed by atoms with van der Waals surface area (Å²) in [5.74, 6) is -1.23. The molecule has 0 aromatic heterocycles. The van der Waals surface area contributed by atoms with Crippen LogP contribution in [0, 0.1) is 0 Å². The van der Waals surface area contributed by atoms with Crippen molar-refractivity contribution in [3.05, 3.63) is 24.3 Å². The number of benzene rings is 1. The Morgan fingerprint density at radius 3 is 2.43 bits per heavy atom. The quantitative estimate of drug-likeness (QED) is 0.809. The fraction of sp³-hybridized carbons (Fsp3) is 0.429. The van der Waals surface area contributed by atoms with E-state index in [0.717, 1.165) is 12.7 Å². The summed E-state index contributed by atoms with van der Waals surface area (Å²) in [5.41, 5.74) is 0.475. The Hall–Kier alpha value is -1.64. The van der Waals surface area contributed by atoms with E-state index in [-0.39, 0.29) is 29.8 Å². The van der Waals surface area contributed by atoms with E-state index >= 15 is 0 Å². The van der Waals surface area contributed by atoms with Crippen LogP contribution in [0.25, 0.3) is 0 Å². The molecule has 1 fully saturated rings. The lowest BCUT2D eigenvalue weighted by atomic mass is 10.2. The number of amides is 1. The van der Waals surface area contributed by atoms with Crippen molar-refractivity contribution in [1.82, 2.24) is 4.90 Å². The van der Waals surface area contributed by atoms with E-state index in [1.165, 1.54) is 24.3 Å². The predicted molar refractivity (Wildman–Crippen MR) is 87.7 cm³/mol. The van der Waals surface area contributed by atoms with Gasteiger partial charge in [-0.25, -0.2) is 8.42 Å². The SMILES string of the molecule is CS(=O)(=O)c1ccc(NC(=O)CN2CCC[C@H]2C(=O)O)cc1.Cl. The topological polar surface area (TPSA) is 104 Å². The van der Waals surface area contributed by atoms with Gasteiger partial charge in [0, 0.05) is 11.9 Å². The number of likely N-dealkylation sites (tertiary alicyclic amines) is 1. The standard InChI is InChI=1S/C14H18N2O5S.ClH/c1-22(20,21)11-6-4-10(5-7-11)15-13(17)9-16-8-2-3-12(16)14(18)19;/h4-7,12H,2-3,8-9H2,1H3,(H,15,17)(H,18,19);1H/t12-;/m0./s1. The van der Waals surface area contributed by atoms with Gasteiger partial charge >= 0.3 is 5.97 Å². The third-order valence-electron chi connectivity index (χ3n) is 3.56. The second-order valence-corrected chi connectivity index (χ2v) is 7.33. The summed E-state index contributed by atoms with van der Waals surface area (Å²) in [4.78, 5) is 24.8. The van der Waals surface area contributed by atoms with E-state index in [0.29, 0.717) is 18.7 Å². The third kappa shape index (κ3) is 5.19. The molecule has 128 valence electrons. The number of rotatable bonds is 5. The molecule has 1 amide bonds. The number of hydrogen-bond acceptors (Lipinski definition) is 5. The summed E-state index contributed by atoms with van der Waals surface area (Å²) < 4.78 is 22.7. The minimum Gasteiger partial charge on any atom is -0.480 e. The number of carboxylic acid groups (broad SMARTS) is 1. The van der Waals surface area contributed by atoms with Gasteiger partial charge in [-0.05, 0) is 43.7 Å². The van der Waals surface area contributed by atoms with Crippen LogP contribution in [-0.4, -0.2) is 55.7 Å². The van der Waals surface area contributed by atoms with E-state index < -0.39 is 21.8 Å². The molecular formula is C14H19ClN2O5S. The maximum Gasteiger partial charge on any atom is 0.320 e. The molecule has 0 radical (unpaired) electrons. The molecule has 0 saturated carbocycles. The van der Waals surface area contributed by atoms with E-state index in [9.17, 15) is 18.0 Å². The molecule has 0 spiro atoms. The maximum atomic E-state index is 12.0. The fourth-order valence-corrected chi connectivity index (χ4v) is 3.10. The summed E-state index contributed by atoms with van der Waals surface area (Å²) in [6.45, 7) is 0.586. The summed E-state index contributed by atoms with van der Waals surface area (Å²) in [5, 5.41) is 11.7. The van der Waals surface area contributed by atoms with Gasteiger partial charge in [-0.2, -0.15) is 0 Å². The third-order valence-corrected chi connectivity index (χ3v) is 4.69. The zero-order chi connectivity index (χ0) is 16.3. The number of carbonyl (C=O) groups excluding carboxylic acids is 1. The molecule has 1 aliphatic rings.